The Bertz CT molecular complexity index is 3420. The van der Waals surface area contributed by atoms with Crippen LogP contribution in [-0.2, 0) is 42.7 Å². The molecule has 9 aromatic rings. The van der Waals surface area contributed by atoms with Gasteiger partial charge in [0, 0.05) is 44.3 Å². The topological polar surface area (TPSA) is 35.9 Å². The summed E-state index contributed by atoms with van der Waals surface area (Å²) < 4.78 is 55.9. The largest absolute Gasteiger partial charge is 0.510 e. The van der Waals surface area contributed by atoms with Gasteiger partial charge in [-0.1, -0.05) is 161 Å². The van der Waals surface area contributed by atoms with E-state index < -0.39 is 6.04 Å². The van der Waals surface area contributed by atoms with Gasteiger partial charge in [-0.2, -0.15) is 18.2 Å². The Morgan fingerprint density at radius 3 is 1.94 bits per heavy atom. The fraction of sp³-hybridized carbons (Fsp3) is 0.276. The van der Waals surface area contributed by atoms with Crippen LogP contribution >= 0.6 is 0 Å². The molecule has 3 aromatic heterocycles. The first kappa shape index (κ1) is 38.7. The van der Waals surface area contributed by atoms with Gasteiger partial charge in [-0.15, -0.1) is 29.7 Å². The molecular formula is C58H58N4OPt-2. The molecule has 6 heteroatoms. The first-order valence-corrected chi connectivity index (χ1v) is 21.7. The maximum atomic E-state index is 8.89. The van der Waals surface area contributed by atoms with Crippen LogP contribution in [-0.4, -0.2) is 14.1 Å². The van der Waals surface area contributed by atoms with Crippen molar-refractivity contribution in [1.29, 1.82) is 0 Å². The molecule has 0 aliphatic heterocycles. The molecule has 0 fully saturated rings. The van der Waals surface area contributed by atoms with E-state index in [4.69, 9.17) is 16.6 Å². The predicted molar refractivity (Wildman–Crippen MR) is 260 cm³/mol. The second kappa shape index (κ2) is 16.3. The second-order valence-electron chi connectivity index (χ2n) is 20.7. The van der Waals surface area contributed by atoms with E-state index in [-0.39, 0.29) is 72.5 Å². The molecule has 3 heterocycles. The Morgan fingerprint density at radius 1 is 0.594 bits per heavy atom. The van der Waals surface area contributed by atoms with Crippen molar-refractivity contribution in [3.05, 3.63) is 174 Å². The van der Waals surface area contributed by atoms with Gasteiger partial charge in [-0.25, -0.2) is 4.98 Å². The fourth-order valence-electron chi connectivity index (χ4n) is 8.38. The molecule has 6 aromatic carbocycles. The molecule has 0 aliphatic rings. The third-order valence-corrected chi connectivity index (χ3v) is 11.9. The molecule has 64 heavy (non-hydrogen) atoms. The summed E-state index contributed by atoms with van der Waals surface area (Å²) in [4.78, 5) is 4.84. The fourth-order valence-corrected chi connectivity index (χ4v) is 8.38. The van der Waals surface area contributed by atoms with Gasteiger partial charge in [0.05, 0.1) is 23.6 Å². The minimum atomic E-state index is -0.432. The van der Waals surface area contributed by atoms with Crippen molar-refractivity contribution in [3.63, 3.8) is 0 Å². The number of fused-ring (bicyclic) bond motifs is 4. The predicted octanol–water partition coefficient (Wildman–Crippen LogP) is 14.4. The maximum Gasteiger partial charge on any atom is 0.268 e. The number of rotatable bonds is 6. The average Bonchev–Trinajstić information content (AvgIpc) is 3.82. The van der Waals surface area contributed by atoms with Gasteiger partial charge in [-0.05, 0) is 90.4 Å². The quantitative estimate of drug-likeness (QED) is 0.123. The number of benzene rings is 6. The number of pyridine rings is 1. The van der Waals surface area contributed by atoms with Crippen LogP contribution < -0.4 is 9.30 Å². The van der Waals surface area contributed by atoms with Crippen molar-refractivity contribution < 1.29 is 37.2 Å². The molecule has 0 bridgehead atoms. The number of imidazole rings is 1. The first-order chi connectivity index (χ1) is 31.8. The number of hydrogen-bond acceptors (Lipinski definition) is 2. The van der Waals surface area contributed by atoms with Gasteiger partial charge in [0.1, 0.15) is 5.82 Å². The van der Waals surface area contributed by atoms with Gasteiger partial charge >= 0.3 is 0 Å². The summed E-state index contributed by atoms with van der Waals surface area (Å²) in [5.41, 5.74) is 9.65. The number of para-hydroxylation sites is 1. The smallest absolute Gasteiger partial charge is 0.268 e. The normalized spacial score (nSPS) is 13.7. The van der Waals surface area contributed by atoms with Gasteiger partial charge in [-0.3, -0.25) is 4.57 Å². The molecule has 0 radical (unpaired) electrons. The van der Waals surface area contributed by atoms with Crippen LogP contribution in [0.5, 0.6) is 11.5 Å². The zero-order valence-corrected chi connectivity index (χ0v) is 41.1. The van der Waals surface area contributed by atoms with E-state index in [9.17, 15) is 0 Å². The van der Waals surface area contributed by atoms with Crippen molar-refractivity contribution in [3.8, 4) is 39.8 Å². The van der Waals surface area contributed by atoms with Crippen LogP contribution in [0.1, 0.15) is 112 Å². The molecule has 9 rings (SSSR count). The Hall–Kier alpha value is -5.77. The molecule has 0 N–H and O–H groups in total. The monoisotopic (exact) mass is 1030 g/mol. The average molecular weight is 1030 g/mol. The molecule has 328 valence electrons. The summed E-state index contributed by atoms with van der Waals surface area (Å²) in [6, 6.07) is 38.0. The Kier molecular flexibility index (Phi) is 9.87. The molecular weight excluding hydrogens is 964 g/mol. The van der Waals surface area contributed by atoms with E-state index >= 15 is 0 Å². The van der Waals surface area contributed by atoms with Crippen LogP contribution in [0.4, 0.5) is 0 Å². The van der Waals surface area contributed by atoms with Gasteiger partial charge in [0.15, 0.2) is 0 Å². The van der Waals surface area contributed by atoms with Gasteiger partial charge in [0.2, 0.25) is 0 Å². The summed E-state index contributed by atoms with van der Waals surface area (Å²) >= 11 is 0. The standard InChI is InChI=1S/C58H58N4O.Pt/c1-55(2,3)40-29-30-59-53(34-40)62-49-24-17-16-23-45(49)46-27-26-44(36-51(46)62)63-43-22-18-21-42(35-43)60-37-61(50-28-25-39(31-52(50)60)38-19-14-13-15-20-38)54-47(57(7,8)9)32-41(56(4,5)6)33-48(54)58(10,11)12;/h13-34H,1-12H3;/q-2;/i13D,14D,15D,19D,20D;. The van der Waals surface area contributed by atoms with E-state index in [1.54, 1.807) is 0 Å². The summed E-state index contributed by atoms with van der Waals surface area (Å²) in [5.74, 6) is 1.76. The van der Waals surface area contributed by atoms with Crippen LogP contribution in [0.25, 0.3) is 61.2 Å². The van der Waals surface area contributed by atoms with Crippen molar-refractivity contribution in [2.75, 3.05) is 0 Å². The summed E-state index contributed by atoms with van der Waals surface area (Å²) in [6.45, 7) is 26.8. The second-order valence-corrected chi connectivity index (χ2v) is 20.7. The zero-order valence-electron chi connectivity index (χ0n) is 43.8. The van der Waals surface area contributed by atoms with Gasteiger partial charge in [0.25, 0.3) is 6.33 Å². The molecule has 0 amide bonds. The number of ether oxygens (including phenoxy) is 1. The maximum absolute atomic E-state index is 8.89. The Labute approximate surface area is 401 Å². The van der Waals surface area contributed by atoms with E-state index in [2.05, 4.69) is 153 Å². The van der Waals surface area contributed by atoms with E-state index in [1.807, 2.05) is 65.4 Å². The van der Waals surface area contributed by atoms with E-state index in [0.717, 1.165) is 50.0 Å². The zero-order chi connectivity index (χ0) is 49.0. The van der Waals surface area contributed by atoms with Crippen LogP contribution in [0, 0.1) is 18.5 Å². The van der Waals surface area contributed by atoms with E-state index in [0.29, 0.717) is 28.3 Å². The van der Waals surface area contributed by atoms with Crippen LogP contribution in [0.2, 0.25) is 0 Å². The van der Waals surface area contributed by atoms with Crippen LogP contribution in [0.15, 0.2) is 133 Å². The van der Waals surface area contributed by atoms with Crippen molar-refractivity contribution in [2.45, 2.75) is 105 Å². The van der Waals surface area contributed by atoms with Crippen LogP contribution in [0.3, 0.4) is 0 Å². The molecule has 0 saturated carbocycles. The Balaban J connectivity index is 0.00000642. The molecule has 5 nitrogen and oxygen atoms in total. The molecule has 0 saturated heterocycles. The van der Waals surface area contributed by atoms with Crippen molar-refractivity contribution in [1.82, 2.24) is 14.1 Å². The minimum absolute atomic E-state index is 0. The molecule has 0 spiro atoms. The third-order valence-electron chi connectivity index (χ3n) is 11.9. The minimum Gasteiger partial charge on any atom is -0.510 e. The third kappa shape index (κ3) is 8.36. The van der Waals surface area contributed by atoms with Crippen molar-refractivity contribution in [2.24, 2.45) is 0 Å². The van der Waals surface area contributed by atoms with E-state index in [1.165, 1.54) is 11.1 Å². The Morgan fingerprint density at radius 2 is 1.27 bits per heavy atom. The molecule has 0 unspecified atom stereocenters. The summed E-state index contributed by atoms with van der Waals surface area (Å²) in [7, 11) is 0. The summed E-state index contributed by atoms with van der Waals surface area (Å²) in [6.07, 6.45) is 5.61. The number of aromatic nitrogens is 4. The molecule has 0 atom stereocenters. The van der Waals surface area contributed by atoms with Crippen molar-refractivity contribution >= 4 is 32.8 Å². The first-order valence-electron chi connectivity index (χ1n) is 24.2. The number of nitrogens with zero attached hydrogens (tertiary/aromatic N) is 4. The van der Waals surface area contributed by atoms with Gasteiger partial charge < -0.3 is 13.9 Å². The molecule has 0 aliphatic carbocycles. The number of hydrogen-bond donors (Lipinski definition) is 0. The summed E-state index contributed by atoms with van der Waals surface area (Å²) in [5, 5.41) is 2.12. The SMILES string of the molecule is [2H]c1c([2H])c([2H])c(-c2ccc3c(c2)n(-c2[c-]c(Oc4[c-]c5c(cc4)c4ccccc4n5-c4cc(C(C)(C)C)ccn4)ccc2)[c-][n+]3-c2c(C(C)(C)C)cc(C(C)(C)C)cc2C(C)(C)C)c([2H])c1[2H].[Pt].